The molecule has 2 aromatic carbocycles. The van der Waals surface area contributed by atoms with E-state index < -0.39 is 11.7 Å². The number of amides is 1. The van der Waals surface area contributed by atoms with Crippen LogP contribution in [0.5, 0.6) is 5.75 Å². The summed E-state index contributed by atoms with van der Waals surface area (Å²) >= 11 is 0. The molecule has 5 heteroatoms. The Labute approximate surface area is 162 Å². The Morgan fingerprint density at radius 3 is 2.41 bits per heavy atom. The van der Waals surface area contributed by atoms with Crippen molar-refractivity contribution in [1.82, 2.24) is 0 Å². The molecular formula is C22H31NO4. The first-order valence-electron chi connectivity index (χ1n) is 9.13. The van der Waals surface area contributed by atoms with Crippen LogP contribution in [0.1, 0.15) is 40.2 Å². The third-order valence-corrected chi connectivity index (χ3v) is 3.61. The zero-order chi connectivity index (χ0) is 20.6. The van der Waals surface area contributed by atoms with E-state index in [2.05, 4.69) is 6.58 Å². The van der Waals surface area contributed by atoms with Crippen LogP contribution in [0.15, 0.2) is 43.0 Å². The average molecular weight is 373 g/mol. The molecule has 0 fully saturated rings. The molecule has 0 bridgehead atoms. The molecule has 0 unspecified atom stereocenters. The van der Waals surface area contributed by atoms with Gasteiger partial charge in [-0.15, -0.1) is 6.58 Å². The monoisotopic (exact) mass is 373 g/mol. The van der Waals surface area contributed by atoms with Crippen LogP contribution in [-0.2, 0) is 9.62 Å². The van der Waals surface area contributed by atoms with E-state index in [1.165, 1.54) is 7.11 Å². The number of anilines is 1. The van der Waals surface area contributed by atoms with E-state index in [1.807, 2.05) is 71.9 Å². The Hall–Kier alpha value is -2.53. The fourth-order valence-electron chi connectivity index (χ4n) is 2.59. The van der Waals surface area contributed by atoms with Crippen LogP contribution in [0, 0.1) is 6.92 Å². The number of carbonyl (C=O) groups is 1. The van der Waals surface area contributed by atoms with Crippen LogP contribution in [0.25, 0.3) is 10.8 Å². The van der Waals surface area contributed by atoms with Crippen molar-refractivity contribution >= 4 is 22.6 Å². The number of hydrogen-bond acceptors (Lipinski definition) is 4. The number of fused-ring (bicyclic) bond motifs is 1. The third kappa shape index (κ3) is 5.73. The van der Waals surface area contributed by atoms with Gasteiger partial charge in [0.2, 0.25) is 0 Å². The van der Waals surface area contributed by atoms with Crippen molar-refractivity contribution in [3.63, 3.8) is 0 Å². The first kappa shape index (κ1) is 22.5. The van der Waals surface area contributed by atoms with Gasteiger partial charge in [0.1, 0.15) is 5.60 Å². The molecule has 0 radical (unpaired) electrons. The first-order chi connectivity index (χ1) is 12.8. The summed E-state index contributed by atoms with van der Waals surface area (Å²) in [5.41, 5.74) is 0.890. The maximum Gasteiger partial charge on any atom is 0.415 e. The Kier molecular flexibility index (Phi) is 8.32. The highest BCUT2D eigenvalue weighted by molar-refractivity contribution is 5.98. The summed E-state index contributed by atoms with van der Waals surface area (Å²) < 4.78 is 5.54. The Morgan fingerprint density at radius 1 is 1.22 bits per heavy atom. The molecule has 0 atom stereocenters. The van der Waals surface area contributed by atoms with E-state index in [4.69, 9.17) is 14.5 Å². The highest BCUT2D eigenvalue weighted by Crippen LogP contribution is 2.37. The van der Waals surface area contributed by atoms with Crippen LogP contribution in [0.2, 0.25) is 0 Å². The zero-order valence-electron chi connectivity index (χ0n) is 17.5. The van der Waals surface area contributed by atoms with Gasteiger partial charge in [-0.2, -0.15) is 4.89 Å². The maximum atomic E-state index is 12.7. The van der Waals surface area contributed by atoms with E-state index in [1.54, 1.807) is 11.0 Å². The number of benzene rings is 2. The van der Waals surface area contributed by atoms with Gasteiger partial charge in [-0.3, -0.25) is 4.90 Å². The van der Waals surface area contributed by atoms with Gasteiger partial charge in [0.25, 0.3) is 0 Å². The quantitative estimate of drug-likeness (QED) is 0.364. The lowest BCUT2D eigenvalue weighted by Crippen LogP contribution is -2.37. The van der Waals surface area contributed by atoms with Crippen LogP contribution >= 0.6 is 0 Å². The summed E-state index contributed by atoms with van der Waals surface area (Å²) in [5, 5.41) is 1.85. The van der Waals surface area contributed by atoms with Crippen molar-refractivity contribution in [2.45, 2.75) is 47.1 Å². The van der Waals surface area contributed by atoms with Crippen molar-refractivity contribution < 1.29 is 19.3 Å². The smallest absolute Gasteiger partial charge is 0.415 e. The van der Waals surface area contributed by atoms with Crippen LogP contribution < -0.4 is 9.79 Å². The minimum absolute atomic E-state index is 0.320. The van der Waals surface area contributed by atoms with Gasteiger partial charge in [0, 0.05) is 17.5 Å². The van der Waals surface area contributed by atoms with Crippen molar-refractivity contribution in [2.24, 2.45) is 0 Å². The molecule has 0 aliphatic carbocycles. The van der Waals surface area contributed by atoms with Gasteiger partial charge < -0.3 is 9.62 Å². The predicted octanol–water partition coefficient (Wildman–Crippen LogP) is 6.04. The second-order valence-corrected chi connectivity index (χ2v) is 6.70. The lowest BCUT2D eigenvalue weighted by Gasteiger charge is -2.28. The SMILES string of the molecule is C=CCN(C(=O)OC(C)(C)C)c1cc2ccccc2c(OOC)c1C.CC. The highest BCUT2D eigenvalue weighted by Gasteiger charge is 2.25. The van der Waals surface area contributed by atoms with Crippen molar-refractivity contribution in [2.75, 3.05) is 18.6 Å². The Morgan fingerprint density at radius 2 is 1.85 bits per heavy atom. The van der Waals surface area contributed by atoms with Crippen LogP contribution in [0.3, 0.4) is 0 Å². The number of carbonyl (C=O) groups excluding carboxylic acids is 1. The summed E-state index contributed by atoms with van der Waals surface area (Å²) in [5.74, 6) is 0.577. The molecule has 2 rings (SSSR count). The first-order valence-corrected chi connectivity index (χ1v) is 9.13. The van der Waals surface area contributed by atoms with Crippen molar-refractivity contribution in [1.29, 1.82) is 0 Å². The number of rotatable bonds is 5. The number of hydrogen-bond donors (Lipinski definition) is 0. The van der Waals surface area contributed by atoms with E-state index in [-0.39, 0.29) is 0 Å². The molecule has 0 aliphatic rings. The summed E-state index contributed by atoms with van der Waals surface area (Å²) in [7, 11) is 1.45. The minimum atomic E-state index is -0.590. The van der Waals surface area contributed by atoms with E-state index in [9.17, 15) is 4.79 Å². The average Bonchev–Trinajstić information content (AvgIpc) is 2.62. The Bertz CT molecular complexity index is 778. The summed E-state index contributed by atoms with van der Waals surface area (Å²) in [6, 6.07) is 9.72. The molecule has 5 nitrogen and oxygen atoms in total. The largest absolute Gasteiger partial charge is 0.443 e. The maximum absolute atomic E-state index is 12.7. The molecule has 0 aliphatic heterocycles. The molecule has 0 N–H and O–H groups in total. The molecule has 2 aromatic rings. The van der Waals surface area contributed by atoms with Gasteiger partial charge in [0.15, 0.2) is 5.75 Å². The van der Waals surface area contributed by atoms with Gasteiger partial charge in [0.05, 0.1) is 12.8 Å². The fourth-order valence-corrected chi connectivity index (χ4v) is 2.59. The Balaban J connectivity index is 0.00000176. The molecule has 148 valence electrons. The number of ether oxygens (including phenoxy) is 1. The molecule has 0 saturated heterocycles. The second-order valence-electron chi connectivity index (χ2n) is 6.70. The van der Waals surface area contributed by atoms with Gasteiger partial charge in [-0.05, 0) is 39.1 Å². The topological polar surface area (TPSA) is 48.0 Å². The molecule has 0 aromatic heterocycles. The zero-order valence-corrected chi connectivity index (χ0v) is 17.5. The predicted molar refractivity (Wildman–Crippen MR) is 111 cm³/mol. The third-order valence-electron chi connectivity index (χ3n) is 3.61. The lowest BCUT2D eigenvalue weighted by molar-refractivity contribution is -0.177. The highest BCUT2D eigenvalue weighted by atomic mass is 17.2. The van der Waals surface area contributed by atoms with E-state index >= 15 is 0 Å². The van der Waals surface area contributed by atoms with Crippen molar-refractivity contribution in [3.8, 4) is 5.75 Å². The van der Waals surface area contributed by atoms with Crippen molar-refractivity contribution in [3.05, 3.63) is 48.6 Å². The lowest BCUT2D eigenvalue weighted by atomic mass is 10.0. The van der Waals surface area contributed by atoms with Gasteiger partial charge in [-0.25, -0.2) is 4.79 Å². The molecule has 0 heterocycles. The van der Waals surface area contributed by atoms with E-state index in [0.29, 0.717) is 18.0 Å². The molecule has 1 amide bonds. The van der Waals surface area contributed by atoms with Gasteiger partial charge in [-0.1, -0.05) is 44.2 Å². The van der Waals surface area contributed by atoms with Crippen LogP contribution in [0.4, 0.5) is 10.5 Å². The summed E-state index contributed by atoms with van der Waals surface area (Å²) in [4.78, 5) is 24.5. The normalized spacial score (nSPS) is 10.6. The fraction of sp³-hybridized carbons (Fsp3) is 0.409. The standard InChI is InChI=1S/C20H25NO4.C2H6/c1-7-12-21(19(22)24-20(3,4)5)17-13-15-10-8-9-11-16(15)18(14(17)2)25-23-6;1-2/h7-11,13H,1,12H2,2-6H3;1-2H3. The molecule has 0 saturated carbocycles. The van der Waals surface area contributed by atoms with Gasteiger partial charge >= 0.3 is 6.09 Å². The van der Waals surface area contributed by atoms with Crippen LogP contribution in [-0.4, -0.2) is 25.3 Å². The number of nitrogens with zero attached hydrogens (tertiary/aromatic N) is 1. The summed E-state index contributed by atoms with van der Waals surface area (Å²) in [6.45, 7) is 15.5. The second kappa shape index (κ2) is 9.97. The molecule has 0 spiro atoms. The van der Waals surface area contributed by atoms with E-state index in [0.717, 1.165) is 16.3 Å². The molecular weight excluding hydrogens is 342 g/mol. The molecule has 27 heavy (non-hydrogen) atoms. The minimum Gasteiger partial charge on any atom is -0.443 e. The summed E-state index contributed by atoms with van der Waals surface area (Å²) in [6.07, 6.45) is 1.23.